The molecule has 3 rings (SSSR count). The largest absolute Gasteiger partial charge is 0.872 e. The number of hydrogen-bond acceptors (Lipinski definition) is 5. The zero-order chi connectivity index (χ0) is 19.6. The van der Waals surface area contributed by atoms with Crippen molar-refractivity contribution in [1.82, 2.24) is 9.88 Å². The van der Waals surface area contributed by atoms with Gasteiger partial charge in [0.15, 0.2) is 0 Å². The summed E-state index contributed by atoms with van der Waals surface area (Å²) in [6, 6.07) is 5.76. The second kappa shape index (κ2) is 7.75. The first-order chi connectivity index (χ1) is 12.9. The molecule has 1 fully saturated rings. The molecule has 0 saturated carbocycles. The summed E-state index contributed by atoms with van der Waals surface area (Å²) < 4.78 is 5.70. The molecule has 0 spiro atoms. The summed E-state index contributed by atoms with van der Waals surface area (Å²) in [6.45, 7) is 3.01. The Hall–Kier alpha value is -2.93. The lowest BCUT2D eigenvalue weighted by Crippen LogP contribution is -3.05. The number of furan rings is 1. The van der Waals surface area contributed by atoms with E-state index in [1.54, 1.807) is 19.1 Å². The Labute approximate surface area is 157 Å². The summed E-state index contributed by atoms with van der Waals surface area (Å²) >= 11 is 0. The van der Waals surface area contributed by atoms with E-state index in [1.165, 1.54) is 34.3 Å². The first-order valence-electron chi connectivity index (χ1n) is 8.92. The van der Waals surface area contributed by atoms with Crippen molar-refractivity contribution in [2.45, 2.75) is 19.4 Å². The van der Waals surface area contributed by atoms with Gasteiger partial charge in [0.05, 0.1) is 20.6 Å². The molecule has 2 aromatic heterocycles. The highest BCUT2D eigenvalue weighted by molar-refractivity contribution is 6.46. The molecule has 0 bridgehead atoms. The monoisotopic (exact) mass is 369 g/mol. The molecule has 1 N–H and O–H groups in total. The Morgan fingerprint density at radius 3 is 2.52 bits per heavy atom. The first kappa shape index (κ1) is 18.8. The van der Waals surface area contributed by atoms with Crippen molar-refractivity contribution >= 4 is 17.4 Å². The van der Waals surface area contributed by atoms with Gasteiger partial charge in [-0.05, 0) is 36.8 Å². The number of nitrogens with zero attached hydrogens (tertiary/aromatic N) is 2. The second-order valence-corrected chi connectivity index (χ2v) is 6.97. The van der Waals surface area contributed by atoms with Crippen molar-refractivity contribution in [3.63, 3.8) is 0 Å². The van der Waals surface area contributed by atoms with Crippen LogP contribution in [0.2, 0.25) is 0 Å². The average molecular weight is 369 g/mol. The van der Waals surface area contributed by atoms with Crippen LogP contribution in [-0.2, 0) is 9.59 Å². The number of rotatable bonds is 6. The molecule has 2 aromatic rings. The minimum absolute atomic E-state index is 0.0576. The molecule has 0 aliphatic carbocycles. The molecule has 1 saturated heterocycles. The third-order valence-corrected chi connectivity index (χ3v) is 4.58. The summed E-state index contributed by atoms with van der Waals surface area (Å²) in [6.07, 6.45) is 3.69. The molecule has 1 atom stereocenters. The lowest BCUT2D eigenvalue weighted by Gasteiger charge is -2.25. The lowest BCUT2D eigenvalue weighted by molar-refractivity contribution is -0.858. The third kappa shape index (κ3) is 3.78. The van der Waals surface area contributed by atoms with Gasteiger partial charge in [-0.25, -0.2) is 0 Å². The molecule has 142 valence electrons. The number of pyridine rings is 1. The van der Waals surface area contributed by atoms with Gasteiger partial charge < -0.3 is 19.3 Å². The van der Waals surface area contributed by atoms with E-state index in [0.29, 0.717) is 30.0 Å². The van der Waals surface area contributed by atoms with Crippen molar-refractivity contribution in [2.24, 2.45) is 0 Å². The predicted octanol–water partition coefficient (Wildman–Crippen LogP) is -0.258. The number of likely N-dealkylation sites (tertiary alicyclic amines) is 1. The molecule has 1 aliphatic heterocycles. The summed E-state index contributed by atoms with van der Waals surface area (Å²) in [4.78, 5) is 32.0. The van der Waals surface area contributed by atoms with Crippen LogP contribution in [0.5, 0.6) is 0 Å². The third-order valence-electron chi connectivity index (χ3n) is 4.58. The minimum atomic E-state index is -0.795. The summed E-state index contributed by atoms with van der Waals surface area (Å²) in [5.41, 5.74) is 0.270. The summed E-state index contributed by atoms with van der Waals surface area (Å²) in [7, 11) is 4.05. The number of carbonyl (C=O) groups is 2. The van der Waals surface area contributed by atoms with Crippen molar-refractivity contribution in [2.75, 3.05) is 27.2 Å². The molecule has 1 amide bonds. The van der Waals surface area contributed by atoms with Crippen molar-refractivity contribution < 1.29 is 24.0 Å². The Bertz CT molecular complexity index is 870. The molecule has 27 heavy (non-hydrogen) atoms. The standard InChI is InChI=1S/C20H23N3O4/c1-13-5-6-15(27-13)17-16(18(24)14-7-9-21-10-8-14)19(25)20(26)23(17)12-4-11-22(2)3/h5-10,17,24H,4,11-12H2,1-3H3. The number of carbonyl (C=O) groups excluding carboxylic acids is 2. The van der Waals surface area contributed by atoms with E-state index in [2.05, 4.69) is 4.98 Å². The van der Waals surface area contributed by atoms with Crippen LogP contribution in [0.1, 0.15) is 29.5 Å². The van der Waals surface area contributed by atoms with Crippen LogP contribution in [0.25, 0.3) is 5.76 Å². The Morgan fingerprint density at radius 2 is 1.93 bits per heavy atom. The van der Waals surface area contributed by atoms with Gasteiger partial charge in [-0.2, -0.15) is 0 Å². The summed E-state index contributed by atoms with van der Waals surface area (Å²) in [5.74, 6) is -0.782. The van der Waals surface area contributed by atoms with Crippen molar-refractivity contribution in [3.05, 3.63) is 59.3 Å². The number of Topliss-reactive ketones (excluding diaryl/α,β-unsaturated/α-hetero) is 1. The van der Waals surface area contributed by atoms with Crippen LogP contribution in [0, 0.1) is 6.92 Å². The first-order valence-corrected chi connectivity index (χ1v) is 8.92. The van der Waals surface area contributed by atoms with Crippen molar-refractivity contribution in [1.29, 1.82) is 0 Å². The van der Waals surface area contributed by atoms with Gasteiger partial charge in [0.25, 0.3) is 5.91 Å². The fraction of sp³-hybridized carbons (Fsp3) is 0.350. The van der Waals surface area contributed by atoms with E-state index < -0.39 is 23.5 Å². The van der Waals surface area contributed by atoms with Gasteiger partial charge in [0.1, 0.15) is 17.6 Å². The predicted molar refractivity (Wildman–Crippen MR) is 96.4 cm³/mol. The topological polar surface area (TPSA) is 90.9 Å². The van der Waals surface area contributed by atoms with E-state index in [9.17, 15) is 14.7 Å². The molecule has 7 heteroatoms. The number of ketones is 1. The van der Waals surface area contributed by atoms with E-state index >= 15 is 0 Å². The van der Waals surface area contributed by atoms with Gasteiger partial charge in [0, 0.05) is 30.9 Å². The van der Waals surface area contributed by atoms with Gasteiger partial charge in [0.2, 0.25) is 5.78 Å². The summed E-state index contributed by atoms with van der Waals surface area (Å²) in [5, 5.41) is 13.0. The Kier molecular flexibility index (Phi) is 5.41. The highest BCUT2D eigenvalue weighted by atomic mass is 16.3. The van der Waals surface area contributed by atoms with Gasteiger partial charge in [-0.1, -0.05) is 5.76 Å². The van der Waals surface area contributed by atoms with Gasteiger partial charge in [-0.15, -0.1) is 0 Å². The SMILES string of the molecule is Cc1ccc(C2C(=C([O-])c3ccncc3)C(=O)C(=O)N2CCC[NH+](C)C)o1. The van der Waals surface area contributed by atoms with Crippen LogP contribution < -0.4 is 10.0 Å². The smallest absolute Gasteiger partial charge is 0.295 e. The van der Waals surface area contributed by atoms with Crippen LogP contribution in [0.3, 0.4) is 0 Å². The van der Waals surface area contributed by atoms with E-state index in [1.807, 2.05) is 14.1 Å². The Balaban J connectivity index is 2.05. The molecule has 7 nitrogen and oxygen atoms in total. The van der Waals surface area contributed by atoms with E-state index in [4.69, 9.17) is 4.42 Å². The number of aromatic nitrogens is 1. The maximum Gasteiger partial charge on any atom is 0.295 e. The number of quaternary nitrogens is 1. The molecule has 1 aliphatic rings. The molecule has 0 radical (unpaired) electrons. The molecule has 1 unspecified atom stereocenters. The van der Waals surface area contributed by atoms with Crippen LogP contribution in [-0.4, -0.2) is 48.8 Å². The van der Waals surface area contributed by atoms with Gasteiger partial charge in [-0.3, -0.25) is 14.6 Å². The zero-order valence-corrected chi connectivity index (χ0v) is 15.7. The number of aryl methyl sites for hydroxylation is 1. The second-order valence-electron chi connectivity index (χ2n) is 6.97. The highest BCUT2D eigenvalue weighted by Crippen LogP contribution is 2.39. The molecule has 3 heterocycles. The fourth-order valence-electron chi connectivity index (χ4n) is 3.26. The normalized spacial score (nSPS) is 19.3. The fourth-order valence-corrected chi connectivity index (χ4v) is 3.26. The zero-order valence-electron chi connectivity index (χ0n) is 15.7. The lowest BCUT2D eigenvalue weighted by atomic mass is 10.00. The van der Waals surface area contributed by atoms with Gasteiger partial charge >= 0.3 is 0 Å². The molecule has 0 aromatic carbocycles. The Morgan fingerprint density at radius 1 is 1.22 bits per heavy atom. The van der Waals surface area contributed by atoms with Crippen LogP contribution >= 0.6 is 0 Å². The van der Waals surface area contributed by atoms with Crippen molar-refractivity contribution in [3.8, 4) is 0 Å². The van der Waals surface area contributed by atoms with E-state index in [0.717, 1.165) is 6.54 Å². The van der Waals surface area contributed by atoms with Crippen LogP contribution in [0.4, 0.5) is 0 Å². The highest BCUT2D eigenvalue weighted by Gasteiger charge is 2.45. The number of nitrogens with one attached hydrogen (secondary N) is 1. The quantitative estimate of drug-likeness (QED) is 0.430. The van der Waals surface area contributed by atoms with Crippen LogP contribution in [0.15, 0.2) is 46.6 Å². The maximum absolute atomic E-state index is 13.0. The maximum atomic E-state index is 13.0. The average Bonchev–Trinajstić information content (AvgIpc) is 3.18. The number of amides is 1. The number of hydrogen-bond donors (Lipinski definition) is 1. The van der Waals surface area contributed by atoms with E-state index in [-0.39, 0.29) is 5.57 Å². The molecular weight excluding hydrogens is 346 g/mol. The minimum Gasteiger partial charge on any atom is -0.872 e. The molecular formula is C20H23N3O4.